The van der Waals surface area contributed by atoms with Crippen LogP contribution in [0.4, 0.5) is 5.69 Å². The largest absolute Gasteiger partial charge is 0.497 e. The quantitative estimate of drug-likeness (QED) is 0.887. The SMILES string of the molecule is CCC1(CC)CN(c2cc(OC)ccc2C(=O)O)C1. The molecular formula is C15H21NO3. The van der Waals surface area contributed by atoms with Crippen LogP contribution in [-0.2, 0) is 0 Å². The van der Waals surface area contributed by atoms with Crippen LogP contribution in [0.5, 0.6) is 5.75 Å². The summed E-state index contributed by atoms with van der Waals surface area (Å²) in [6, 6.07) is 5.13. The van der Waals surface area contributed by atoms with E-state index in [1.54, 1.807) is 19.2 Å². The number of benzene rings is 1. The third kappa shape index (κ3) is 2.39. The van der Waals surface area contributed by atoms with Gasteiger partial charge >= 0.3 is 5.97 Å². The van der Waals surface area contributed by atoms with Crippen LogP contribution in [0.15, 0.2) is 18.2 Å². The van der Waals surface area contributed by atoms with E-state index in [4.69, 9.17) is 4.74 Å². The number of nitrogens with zero attached hydrogens (tertiary/aromatic N) is 1. The predicted molar refractivity (Wildman–Crippen MR) is 75.2 cm³/mol. The summed E-state index contributed by atoms with van der Waals surface area (Å²) in [4.78, 5) is 13.4. The van der Waals surface area contributed by atoms with E-state index in [2.05, 4.69) is 18.7 Å². The number of hydrogen-bond acceptors (Lipinski definition) is 3. The minimum absolute atomic E-state index is 0.346. The first kappa shape index (κ1) is 13.7. The van der Waals surface area contributed by atoms with Gasteiger partial charge in [-0.15, -0.1) is 0 Å². The third-order valence-corrected chi connectivity index (χ3v) is 4.33. The maximum atomic E-state index is 11.3. The van der Waals surface area contributed by atoms with E-state index in [0.29, 0.717) is 16.7 Å². The van der Waals surface area contributed by atoms with Crippen molar-refractivity contribution in [1.82, 2.24) is 0 Å². The Kier molecular flexibility index (Phi) is 3.69. The molecule has 0 spiro atoms. The molecule has 1 fully saturated rings. The summed E-state index contributed by atoms with van der Waals surface area (Å²) in [6.45, 7) is 6.25. The average Bonchev–Trinajstić information content (AvgIpc) is 2.38. The zero-order valence-corrected chi connectivity index (χ0v) is 11.8. The monoisotopic (exact) mass is 263 g/mol. The second kappa shape index (κ2) is 5.11. The van der Waals surface area contributed by atoms with Crippen molar-refractivity contribution >= 4 is 11.7 Å². The van der Waals surface area contributed by atoms with Gasteiger partial charge in [-0.2, -0.15) is 0 Å². The Hall–Kier alpha value is -1.71. The van der Waals surface area contributed by atoms with Crippen molar-refractivity contribution in [3.05, 3.63) is 23.8 Å². The standard InChI is InChI=1S/C15H21NO3/c1-4-15(5-2)9-16(10-15)13-8-11(19-3)6-7-12(13)14(17)18/h6-8H,4-5,9-10H2,1-3H3,(H,17,18). The lowest BCUT2D eigenvalue weighted by molar-refractivity contribution is 0.0696. The van der Waals surface area contributed by atoms with Gasteiger partial charge < -0.3 is 14.7 Å². The summed E-state index contributed by atoms with van der Waals surface area (Å²) in [5.41, 5.74) is 1.46. The maximum absolute atomic E-state index is 11.3. The molecule has 1 N–H and O–H groups in total. The van der Waals surface area contributed by atoms with Crippen LogP contribution >= 0.6 is 0 Å². The Morgan fingerprint density at radius 3 is 2.47 bits per heavy atom. The van der Waals surface area contributed by atoms with Gasteiger partial charge in [0.1, 0.15) is 5.75 Å². The van der Waals surface area contributed by atoms with Crippen molar-refractivity contribution < 1.29 is 14.6 Å². The zero-order valence-electron chi connectivity index (χ0n) is 11.8. The number of carboxylic acids is 1. The Bertz CT molecular complexity index is 472. The van der Waals surface area contributed by atoms with Crippen molar-refractivity contribution in [2.45, 2.75) is 26.7 Å². The van der Waals surface area contributed by atoms with Gasteiger partial charge in [0.15, 0.2) is 0 Å². The van der Waals surface area contributed by atoms with E-state index in [9.17, 15) is 9.90 Å². The van der Waals surface area contributed by atoms with E-state index in [1.807, 2.05) is 6.07 Å². The van der Waals surface area contributed by atoms with Crippen LogP contribution in [0.2, 0.25) is 0 Å². The van der Waals surface area contributed by atoms with Crippen molar-refractivity contribution in [2.24, 2.45) is 5.41 Å². The number of carbonyl (C=O) groups is 1. The molecule has 0 saturated carbocycles. The number of ether oxygens (including phenoxy) is 1. The van der Waals surface area contributed by atoms with Gasteiger partial charge in [-0.05, 0) is 25.0 Å². The fourth-order valence-corrected chi connectivity index (χ4v) is 2.71. The third-order valence-electron chi connectivity index (χ3n) is 4.33. The van der Waals surface area contributed by atoms with Gasteiger partial charge in [0.25, 0.3) is 0 Å². The van der Waals surface area contributed by atoms with Gasteiger partial charge in [0.2, 0.25) is 0 Å². The molecule has 2 rings (SSSR count). The van der Waals surface area contributed by atoms with E-state index in [-0.39, 0.29) is 0 Å². The molecule has 0 radical (unpaired) electrons. The molecule has 0 atom stereocenters. The minimum atomic E-state index is -0.886. The van der Waals surface area contributed by atoms with Crippen LogP contribution in [0, 0.1) is 5.41 Å². The highest BCUT2D eigenvalue weighted by atomic mass is 16.5. The molecule has 1 aromatic rings. The molecule has 1 saturated heterocycles. The molecule has 0 bridgehead atoms. The van der Waals surface area contributed by atoms with Gasteiger partial charge in [0, 0.05) is 24.6 Å². The van der Waals surface area contributed by atoms with E-state index >= 15 is 0 Å². The van der Waals surface area contributed by atoms with Crippen LogP contribution < -0.4 is 9.64 Å². The number of carboxylic acid groups (broad SMARTS) is 1. The average molecular weight is 263 g/mol. The first-order valence-corrected chi connectivity index (χ1v) is 6.71. The number of hydrogen-bond donors (Lipinski definition) is 1. The van der Waals surface area contributed by atoms with Crippen LogP contribution in [0.25, 0.3) is 0 Å². The summed E-state index contributed by atoms with van der Waals surface area (Å²) >= 11 is 0. The highest BCUT2D eigenvalue weighted by Crippen LogP contribution is 2.41. The lowest BCUT2D eigenvalue weighted by Crippen LogP contribution is -2.56. The molecule has 0 aromatic heterocycles. The first-order valence-electron chi connectivity index (χ1n) is 6.71. The molecule has 4 nitrogen and oxygen atoms in total. The van der Waals surface area contributed by atoms with E-state index in [1.165, 1.54) is 0 Å². The second-order valence-electron chi connectivity index (χ2n) is 5.25. The Balaban J connectivity index is 2.27. The zero-order chi connectivity index (χ0) is 14.0. The maximum Gasteiger partial charge on any atom is 0.337 e. The molecular weight excluding hydrogens is 242 g/mol. The Morgan fingerprint density at radius 1 is 1.37 bits per heavy atom. The van der Waals surface area contributed by atoms with Gasteiger partial charge in [-0.25, -0.2) is 4.79 Å². The molecule has 4 heteroatoms. The molecule has 1 aliphatic heterocycles. The fraction of sp³-hybridized carbons (Fsp3) is 0.533. The molecule has 0 unspecified atom stereocenters. The topological polar surface area (TPSA) is 49.8 Å². The molecule has 0 aliphatic carbocycles. The van der Waals surface area contributed by atoms with Crippen molar-refractivity contribution in [3.8, 4) is 5.75 Å². The highest BCUT2D eigenvalue weighted by molar-refractivity contribution is 5.95. The van der Waals surface area contributed by atoms with Gasteiger partial charge in [-0.3, -0.25) is 0 Å². The number of methoxy groups -OCH3 is 1. The van der Waals surface area contributed by atoms with Crippen molar-refractivity contribution in [1.29, 1.82) is 0 Å². The lowest BCUT2D eigenvalue weighted by atomic mass is 9.74. The summed E-state index contributed by atoms with van der Waals surface area (Å²) in [7, 11) is 1.60. The van der Waals surface area contributed by atoms with E-state index < -0.39 is 5.97 Å². The van der Waals surface area contributed by atoms with E-state index in [0.717, 1.165) is 31.6 Å². The van der Waals surface area contributed by atoms with Crippen LogP contribution in [0.1, 0.15) is 37.0 Å². The van der Waals surface area contributed by atoms with Crippen LogP contribution in [0.3, 0.4) is 0 Å². The first-order chi connectivity index (χ1) is 9.05. The van der Waals surface area contributed by atoms with Crippen LogP contribution in [-0.4, -0.2) is 31.3 Å². The Morgan fingerprint density at radius 2 is 2.00 bits per heavy atom. The number of rotatable bonds is 5. The number of anilines is 1. The molecule has 0 amide bonds. The summed E-state index contributed by atoms with van der Waals surface area (Å²) in [6.07, 6.45) is 2.26. The Labute approximate surface area is 114 Å². The molecule has 1 aromatic carbocycles. The van der Waals surface area contributed by atoms with Crippen molar-refractivity contribution in [2.75, 3.05) is 25.1 Å². The molecule has 1 aliphatic rings. The smallest absolute Gasteiger partial charge is 0.337 e. The van der Waals surface area contributed by atoms with Gasteiger partial charge in [-0.1, -0.05) is 13.8 Å². The predicted octanol–water partition coefficient (Wildman–Crippen LogP) is 3.02. The highest BCUT2D eigenvalue weighted by Gasteiger charge is 2.41. The summed E-state index contributed by atoms with van der Waals surface area (Å²) < 4.78 is 5.19. The van der Waals surface area contributed by atoms with Gasteiger partial charge in [0.05, 0.1) is 18.4 Å². The molecule has 104 valence electrons. The normalized spacial score (nSPS) is 16.9. The number of aromatic carboxylic acids is 1. The second-order valence-corrected chi connectivity index (χ2v) is 5.25. The minimum Gasteiger partial charge on any atom is -0.497 e. The molecule has 1 heterocycles. The summed E-state index contributed by atoms with van der Waals surface area (Å²) in [5.74, 6) is -0.186. The summed E-state index contributed by atoms with van der Waals surface area (Å²) in [5, 5.41) is 9.27. The lowest BCUT2D eigenvalue weighted by Gasteiger charge is -2.51. The van der Waals surface area contributed by atoms with Crippen molar-refractivity contribution in [3.63, 3.8) is 0 Å². The fourth-order valence-electron chi connectivity index (χ4n) is 2.71. The molecule has 19 heavy (non-hydrogen) atoms.